The molecule has 0 saturated carbocycles. The second-order valence-electron chi connectivity index (χ2n) is 3.25. The first-order valence-corrected chi connectivity index (χ1v) is 5.49. The number of hydrogen-bond acceptors (Lipinski definition) is 5. The molecular formula is C10H14ClN3O3. The normalized spacial score (nSPS) is 10.1. The van der Waals surface area contributed by atoms with Crippen molar-refractivity contribution in [1.29, 1.82) is 0 Å². The molecule has 0 unspecified atom stereocenters. The van der Waals surface area contributed by atoms with Gasteiger partial charge in [-0.15, -0.1) is 0 Å². The summed E-state index contributed by atoms with van der Waals surface area (Å²) in [6, 6.07) is 0.207. The first-order valence-electron chi connectivity index (χ1n) is 5.11. The summed E-state index contributed by atoms with van der Waals surface area (Å²) in [6.45, 7) is 2.84. The maximum absolute atomic E-state index is 10.5. The van der Waals surface area contributed by atoms with E-state index in [2.05, 4.69) is 9.97 Å². The highest BCUT2D eigenvalue weighted by Gasteiger charge is 2.13. The predicted octanol–water partition coefficient (Wildman–Crippen LogP) is 1.44. The highest BCUT2D eigenvalue weighted by atomic mass is 35.5. The molecule has 0 aliphatic heterocycles. The van der Waals surface area contributed by atoms with Crippen molar-refractivity contribution >= 4 is 23.4 Å². The van der Waals surface area contributed by atoms with E-state index < -0.39 is 5.97 Å². The van der Waals surface area contributed by atoms with Crippen molar-refractivity contribution in [3.05, 3.63) is 11.2 Å². The molecule has 1 heterocycles. The van der Waals surface area contributed by atoms with Gasteiger partial charge in [-0.3, -0.25) is 4.79 Å². The van der Waals surface area contributed by atoms with Crippen molar-refractivity contribution in [2.75, 3.05) is 25.1 Å². The van der Waals surface area contributed by atoms with Crippen LogP contribution in [0.25, 0.3) is 0 Å². The number of aromatic nitrogens is 2. The quantitative estimate of drug-likeness (QED) is 0.833. The Morgan fingerprint density at radius 3 is 2.88 bits per heavy atom. The Morgan fingerprint density at radius 1 is 1.65 bits per heavy atom. The summed E-state index contributed by atoms with van der Waals surface area (Å²) in [4.78, 5) is 20.3. The van der Waals surface area contributed by atoms with Crippen LogP contribution in [0.2, 0.25) is 5.02 Å². The van der Waals surface area contributed by atoms with Gasteiger partial charge in [0, 0.05) is 13.1 Å². The molecule has 0 saturated heterocycles. The monoisotopic (exact) mass is 259 g/mol. The SMILES string of the molecule is CCN(CCC(=O)O)c1nc(OC)ncc1Cl. The van der Waals surface area contributed by atoms with Gasteiger partial charge in [0.15, 0.2) is 5.82 Å². The van der Waals surface area contributed by atoms with E-state index in [-0.39, 0.29) is 12.4 Å². The summed E-state index contributed by atoms with van der Waals surface area (Å²) in [5, 5.41) is 9.03. The van der Waals surface area contributed by atoms with Crippen molar-refractivity contribution in [3.8, 4) is 6.01 Å². The molecule has 0 amide bonds. The molecule has 1 aromatic rings. The summed E-state index contributed by atoms with van der Waals surface area (Å²) in [7, 11) is 1.46. The van der Waals surface area contributed by atoms with Gasteiger partial charge in [0.2, 0.25) is 0 Å². The van der Waals surface area contributed by atoms with E-state index in [0.29, 0.717) is 23.9 Å². The van der Waals surface area contributed by atoms with Crippen LogP contribution in [0.3, 0.4) is 0 Å². The lowest BCUT2D eigenvalue weighted by Gasteiger charge is -2.21. The number of carboxylic acid groups (broad SMARTS) is 1. The Balaban J connectivity index is 2.89. The molecule has 1 aromatic heterocycles. The van der Waals surface area contributed by atoms with Gasteiger partial charge in [-0.1, -0.05) is 11.6 Å². The fourth-order valence-corrected chi connectivity index (χ4v) is 1.52. The maximum Gasteiger partial charge on any atom is 0.318 e. The van der Waals surface area contributed by atoms with E-state index in [1.165, 1.54) is 13.3 Å². The summed E-state index contributed by atoms with van der Waals surface area (Å²) < 4.78 is 4.91. The predicted molar refractivity (Wildman–Crippen MR) is 63.7 cm³/mol. The second-order valence-corrected chi connectivity index (χ2v) is 3.66. The molecule has 1 N–H and O–H groups in total. The molecule has 6 nitrogen and oxygen atoms in total. The number of carboxylic acids is 1. The van der Waals surface area contributed by atoms with Crippen LogP contribution in [-0.4, -0.2) is 41.2 Å². The molecule has 0 atom stereocenters. The number of nitrogens with zero attached hydrogens (tertiary/aromatic N) is 3. The van der Waals surface area contributed by atoms with Gasteiger partial charge >= 0.3 is 12.0 Å². The molecule has 1 rings (SSSR count). The van der Waals surface area contributed by atoms with E-state index in [9.17, 15) is 4.79 Å². The van der Waals surface area contributed by atoms with Crippen molar-refractivity contribution in [1.82, 2.24) is 9.97 Å². The molecule has 7 heteroatoms. The Hall–Kier alpha value is -1.56. The first-order chi connectivity index (χ1) is 8.08. The zero-order valence-electron chi connectivity index (χ0n) is 9.68. The molecule has 0 aliphatic carbocycles. The molecule has 0 aromatic carbocycles. The van der Waals surface area contributed by atoms with Crippen LogP contribution in [0.5, 0.6) is 6.01 Å². The van der Waals surface area contributed by atoms with Crippen LogP contribution < -0.4 is 9.64 Å². The summed E-state index contributed by atoms with van der Waals surface area (Å²) in [6.07, 6.45) is 1.46. The number of anilines is 1. The third-order valence-electron chi connectivity index (χ3n) is 2.16. The van der Waals surface area contributed by atoms with Gasteiger partial charge in [0.05, 0.1) is 19.7 Å². The molecule has 94 valence electrons. The van der Waals surface area contributed by atoms with E-state index in [1.807, 2.05) is 6.92 Å². The van der Waals surface area contributed by atoms with E-state index in [4.69, 9.17) is 21.4 Å². The molecule has 0 bridgehead atoms. The lowest BCUT2D eigenvalue weighted by atomic mass is 10.3. The molecule has 0 aliphatic rings. The van der Waals surface area contributed by atoms with Gasteiger partial charge in [-0.05, 0) is 6.92 Å². The highest BCUT2D eigenvalue weighted by Crippen LogP contribution is 2.24. The number of rotatable bonds is 6. The fraction of sp³-hybridized carbons (Fsp3) is 0.500. The number of hydrogen-bond donors (Lipinski definition) is 1. The Morgan fingerprint density at radius 2 is 2.35 bits per heavy atom. The van der Waals surface area contributed by atoms with Crippen LogP contribution >= 0.6 is 11.6 Å². The molecule has 0 radical (unpaired) electrons. The van der Waals surface area contributed by atoms with Gasteiger partial charge in [0.25, 0.3) is 0 Å². The zero-order chi connectivity index (χ0) is 12.8. The van der Waals surface area contributed by atoms with Crippen LogP contribution in [0, 0.1) is 0 Å². The van der Waals surface area contributed by atoms with Crippen molar-refractivity contribution < 1.29 is 14.6 Å². The minimum atomic E-state index is -0.861. The average Bonchev–Trinajstić information content (AvgIpc) is 2.31. The summed E-state index contributed by atoms with van der Waals surface area (Å²) in [5.41, 5.74) is 0. The average molecular weight is 260 g/mol. The number of halogens is 1. The van der Waals surface area contributed by atoms with Crippen LogP contribution in [0.1, 0.15) is 13.3 Å². The van der Waals surface area contributed by atoms with E-state index in [0.717, 1.165) is 0 Å². The molecule has 17 heavy (non-hydrogen) atoms. The lowest BCUT2D eigenvalue weighted by molar-refractivity contribution is -0.136. The lowest BCUT2D eigenvalue weighted by Crippen LogP contribution is -2.27. The molecule has 0 spiro atoms. The van der Waals surface area contributed by atoms with Crippen molar-refractivity contribution in [3.63, 3.8) is 0 Å². The van der Waals surface area contributed by atoms with E-state index >= 15 is 0 Å². The Bertz CT molecular complexity index is 400. The largest absolute Gasteiger partial charge is 0.481 e. The van der Waals surface area contributed by atoms with Crippen molar-refractivity contribution in [2.24, 2.45) is 0 Å². The smallest absolute Gasteiger partial charge is 0.318 e. The maximum atomic E-state index is 10.5. The van der Waals surface area contributed by atoms with Gasteiger partial charge in [0.1, 0.15) is 5.02 Å². The summed E-state index contributed by atoms with van der Waals surface area (Å²) >= 11 is 5.97. The standard InChI is InChI=1S/C10H14ClN3O3/c1-3-14(5-4-8(15)16)9-7(11)6-12-10(13-9)17-2/h6H,3-5H2,1-2H3,(H,15,16). The summed E-state index contributed by atoms with van der Waals surface area (Å²) in [5.74, 6) is -0.372. The van der Waals surface area contributed by atoms with Gasteiger partial charge in [-0.25, -0.2) is 4.98 Å². The third kappa shape index (κ3) is 3.74. The number of carbonyl (C=O) groups is 1. The highest BCUT2D eigenvalue weighted by molar-refractivity contribution is 6.32. The second kappa shape index (κ2) is 6.24. The first kappa shape index (κ1) is 13.5. The van der Waals surface area contributed by atoms with E-state index in [1.54, 1.807) is 4.90 Å². The fourth-order valence-electron chi connectivity index (χ4n) is 1.31. The number of aliphatic carboxylic acids is 1. The minimum Gasteiger partial charge on any atom is -0.481 e. The Labute approximate surface area is 104 Å². The topological polar surface area (TPSA) is 75.6 Å². The van der Waals surface area contributed by atoms with Crippen LogP contribution in [-0.2, 0) is 4.79 Å². The number of ether oxygens (including phenoxy) is 1. The minimum absolute atomic E-state index is 0.0243. The van der Waals surface area contributed by atoms with Crippen molar-refractivity contribution in [2.45, 2.75) is 13.3 Å². The zero-order valence-corrected chi connectivity index (χ0v) is 10.4. The van der Waals surface area contributed by atoms with Crippen LogP contribution in [0.15, 0.2) is 6.20 Å². The Kier molecular flexibility index (Phi) is 4.96. The molecule has 0 fully saturated rings. The third-order valence-corrected chi connectivity index (χ3v) is 2.43. The van der Waals surface area contributed by atoms with Gasteiger partial charge in [-0.2, -0.15) is 4.98 Å². The van der Waals surface area contributed by atoms with Crippen LogP contribution in [0.4, 0.5) is 5.82 Å². The molecular weight excluding hydrogens is 246 g/mol. The van der Waals surface area contributed by atoms with Gasteiger partial charge < -0.3 is 14.7 Å². The number of methoxy groups -OCH3 is 1.